The minimum Gasteiger partial charge on any atom is -0.481 e. The van der Waals surface area contributed by atoms with Crippen LogP contribution in [-0.4, -0.2) is 19.5 Å². The molecule has 128 valence electrons. The highest BCUT2D eigenvalue weighted by atomic mass is 35.5. The van der Waals surface area contributed by atoms with Crippen LogP contribution in [0.5, 0.6) is 0 Å². The lowest BCUT2D eigenvalue weighted by atomic mass is 10.1. The third-order valence-electron chi connectivity index (χ3n) is 3.44. The molecule has 0 saturated heterocycles. The Bertz CT molecular complexity index is 786. The Morgan fingerprint density at radius 2 is 1.62 bits per heavy atom. The number of carboxylic acids is 1. The fourth-order valence-corrected chi connectivity index (χ4v) is 3.36. The second-order valence-electron chi connectivity index (χ2n) is 5.36. The van der Waals surface area contributed by atoms with Crippen molar-refractivity contribution in [2.24, 2.45) is 0 Å². The first kappa shape index (κ1) is 18.3. The number of nitrogens with one attached hydrogen (secondary N) is 1. The molecule has 0 unspecified atom stereocenters. The van der Waals surface area contributed by atoms with Crippen LogP contribution >= 0.6 is 11.6 Å². The van der Waals surface area contributed by atoms with E-state index >= 15 is 0 Å². The van der Waals surface area contributed by atoms with Crippen molar-refractivity contribution < 1.29 is 18.3 Å². The van der Waals surface area contributed by atoms with Crippen molar-refractivity contribution in [2.75, 3.05) is 4.72 Å². The van der Waals surface area contributed by atoms with Crippen molar-refractivity contribution >= 4 is 33.3 Å². The van der Waals surface area contributed by atoms with Gasteiger partial charge in [0.15, 0.2) is 0 Å². The molecular formula is C17H18ClNO4S. The number of aliphatic carboxylic acids is 1. The van der Waals surface area contributed by atoms with Crippen molar-refractivity contribution in [2.45, 2.75) is 30.6 Å². The third-order valence-corrected chi connectivity index (χ3v) is 5.09. The Balaban J connectivity index is 1.98. The maximum atomic E-state index is 12.3. The lowest BCUT2D eigenvalue weighted by Crippen LogP contribution is -2.12. The van der Waals surface area contributed by atoms with Gasteiger partial charge in [0.05, 0.1) is 4.90 Å². The quantitative estimate of drug-likeness (QED) is 0.692. The third kappa shape index (κ3) is 5.54. The van der Waals surface area contributed by atoms with Gasteiger partial charge >= 0.3 is 5.97 Å². The summed E-state index contributed by atoms with van der Waals surface area (Å²) in [6, 6.07) is 13.0. The number of rotatable bonds is 8. The van der Waals surface area contributed by atoms with Gasteiger partial charge in [-0.1, -0.05) is 23.7 Å². The molecule has 2 N–H and O–H groups in total. The zero-order valence-corrected chi connectivity index (χ0v) is 14.5. The van der Waals surface area contributed by atoms with Gasteiger partial charge in [0.25, 0.3) is 10.0 Å². The minimum absolute atomic E-state index is 0.150. The molecule has 0 heterocycles. The van der Waals surface area contributed by atoms with Crippen molar-refractivity contribution in [1.82, 2.24) is 0 Å². The molecule has 0 radical (unpaired) electrons. The monoisotopic (exact) mass is 367 g/mol. The minimum atomic E-state index is -3.65. The fraction of sp³-hybridized carbons (Fsp3) is 0.235. The van der Waals surface area contributed by atoms with E-state index in [1.165, 1.54) is 0 Å². The zero-order valence-electron chi connectivity index (χ0n) is 12.9. The van der Waals surface area contributed by atoms with Crippen LogP contribution in [0.1, 0.15) is 24.8 Å². The standard InChI is InChI=1S/C17H18ClNO4S/c18-14-7-9-15(10-8-14)19-24(22,23)16-11-5-13(6-12-16)3-1-2-4-17(20)21/h5-12,19H,1-4H2,(H,20,21). The normalized spacial score (nSPS) is 11.2. The number of unbranched alkanes of at least 4 members (excludes halogenated alkanes) is 1. The van der Waals surface area contributed by atoms with Gasteiger partial charge in [0.1, 0.15) is 0 Å². The van der Waals surface area contributed by atoms with Crippen LogP contribution in [0.4, 0.5) is 5.69 Å². The van der Waals surface area contributed by atoms with Gasteiger partial charge in [0.2, 0.25) is 0 Å². The molecule has 0 saturated carbocycles. The predicted molar refractivity (Wildman–Crippen MR) is 93.9 cm³/mol. The molecule has 2 aromatic rings. The Kier molecular flexibility index (Phi) is 6.23. The van der Waals surface area contributed by atoms with Crippen LogP contribution in [0.3, 0.4) is 0 Å². The molecule has 0 spiro atoms. The Morgan fingerprint density at radius 3 is 2.21 bits per heavy atom. The van der Waals surface area contributed by atoms with Crippen LogP contribution in [-0.2, 0) is 21.2 Å². The van der Waals surface area contributed by atoms with Crippen LogP contribution in [0.15, 0.2) is 53.4 Å². The van der Waals surface area contributed by atoms with Gasteiger partial charge in [-0.05, 0) is 61.2 Å². The molecule has 0 aliphatic rings. The second kappa shape index (κ2) is 8.17. The molecule has 2 aromatic carbocycles. The molecule has 0 aliphatic carbocycles. The fourth-order valence-electron chi connectivity index (χ4n) is 2.17. The van der Waals surface area contributed by atoms with Crippen LogP contribution in [0.25, 0.3) is 0 Å². The topological polar surface area (TPSA) is 83.5 Å². The van der Waals surface area contributed by atoms with Crippen molar-refractivity contribution in [3.63, 3.8) is 0 Å². The summed E-state index contributed by atoms with van der Waals surface area (Å²) in [5.74, 6) is -0.801. The summed E-state index contributed by atoms with van der Waals surface area (Å²) in [6.45, 7) is 0. The van der Waals surface area contributed by atoms with Crippen molar-refractivity contribution in [3.05, 3.63) is 59.1 Å². The molecule has 7 heteroatoms. The summed E-state index contributed by atoms with van der Waals surface area (Å²) in [4.78, 5) is 10.6. The molecule has 0 aliphatic heterocycles. The van der Waals surface area contributed by atoms with Gasteiger partial charge in [-0.2, -0.15) is 0 Å². The highest BCUT2D eigenvalue weighted by Crippen LogP contribution is 2.19. The van der Waals surface area contributed by atoms with E-state index in [1.54, 1.807) is 48.5 Å². The molecule has 24 heavy (non-hydrogen) atoms. The summed E-state index contributed by atoms with van der Waals surface area (Å²) in [7, 11) is -3.65. The Morgan fingerprint density at radius 1 is 1.00 bits per heavy atom. The van der Waals surface area contributed by atoms with Crippen molar-refractivity contribution in [1.29, 1.82) is 0 Å². The first-order valence-corrected chi connectivity index (χ1v) is 9.32. The molecule has 0 fully saturated rings. The highest BCUT2D eigenvalue weighted by Gasteiger charge is 2.13. The van der Waals surface area contributed by atoms with Gasteiger partial charge in [-0.15, -0.1) is 0 Å². The van der Waals surface area contributed by atoms with E-state index in [4.69, 9.17) is 16.7 Å². The number of sulfonamides is 1. The number of aryl methyl sites for hydroxylation is 1. The molecule has 5 nitrogen and oxygen atoms in total. The largest absolute Gasteiger partial charge is 0.481 e. The molecule has 0 amide bonds. The maximum absolute atomic E-state index is 12.3. The van der Waals surface area contributed by atoms with E-state index in [9.17, 15) is 13.2 Å². The zero-order chi connectivity index (χ0) is 17.6. The van der Waals surface area contributed by atoms with Gasteiger partial charge in [-0.3, -0.25) is 9.52 Å². The number of anilines is 1. The van der Waals surface area contributed by atoms with E-state index in [-0.39, 0.29) is 11.3 Å². The van der Waals surface area contributed by atoms with Gasteiger partial charge < -0.3 is 5.11 Å². The summed E-state index contributed by atoms with van der Waals surface area (Å²) in [5.41, 5.74) is 1.42. The average molecular weight is 368 g/mol. The smallest absolute Gasteiger partial charge is 0.303 e. The van der Waals surface area contributed by atoms with E-state index in [0.29, 0.717) is 17.1 Å². The van der Waals surface area contributed by atoms with Crippen LogP contribution in [0.2, 0.25) is 5.02 Å². The summed E-state index contributed by atoms with van der Waals surface area (Å²) in [5, 5.41) is 9.12. The molecular weight excluding hydrogens is 350 g/mol. The van der Waals surface area contributed by atoms with Crippen LogP contribution in [0, 0.1) is 0 Å². The molecule has 0 bridgehead atoms. The van der Waals surface area contributed by atoms with E-state index in [0.717, 1.165) is 18.4 Å². The SMILES string of the molecule is O=C(O)CCCCc1ccc(S(=O)(=O)Nc2ccc(Cl)cc2)cc1. The summed E-state index contributed by atoms with van der Waals surface area (Å²) < 4.78 is 27.1. The summed E-state index contributed by atoms with van der Waals surface area (Å²) in [6.07, 6.45) is 2.23. The lowest BCUT2D eigenvalue weighted by molar-refractivity contribution is -0.137. The van der Waals surface area contributed by atoms with E-state index < -0.39 is 16.0 Å². The van der Waals surface area contributed by atoms with Crippen molar-refractivity contribution in [3.8, 4) is 0 Å². The molecule has 0 aromatic heterocycles. The first-order valence-electron chi connectivity index (χ1n) is 7.46. The van der Waals surface area contributed by atoms with E-state index in [2.05, 4.69) is 4.72 Å². The van der Waals surface area contributed by atoms with Crippen LogP contribution < -0.4 is 4.72 Å². The number of hydrogen-bond donors (Lipinski definition) is 2. The second-order valence-corrected chi connectivity index (χ2v) is 7.48. The predicted octanol–water partition coefficient (Wildman–Crippen LogP) is 3.94. The highest BCUT2D eigenvalue weighted by molar-refractivity contribution is 7.92. The number of carboxylic acid groups (broad SMARTS) is 1. The number of hydrogen-bond acceptors (Lipinski definition) is 3. The number of carbonyl (C=O) groups is 1. The van der Waals surface area contributed by atoms with E-state index in [1.807, 2.05) is 0 Å². The lowest BCUT2D eigenvalue weighted by Gasteiger charge is -2.09. The van der Waals surface area contributed by atoms with Gasteiger partial charge in [-0.25, -0.2) is 8.42 Å². The summed E-state index contributed by atoms with van der Waals surface area (Å²) >= 11 is 5.78. The molecule has 2 rings (SSSR count). The first-order chi connectivity index (χ1) is 11.4. The number of halogens is 1. The van der Waals surface area contributed by atoms with Gasteiger partial charge in [0, 0.05) is 17.1 Å². The average Bonchev–Trinajstić information content (AvgIpc) is 2.54. The Hall–Kier alpha value is -2.05. The maximum Gasteiger partial charge on any atom is 0.303 e. The number of benzene rings is 2. The molecule has 0 atom stereocenters. The Labute approximate surface area is 146 Å².